The summed E-state index contributed by atoms with van der Waals surface area (Å²) in [5, 5.41) is 5.84. The maximum Gasteiger partial charge on any atom is 0.253 e. The van der Waals surface area contributed by atoms with Gasteiger partial charge in [-0.15, -0.1) is 0 Å². The highest BCUT2D eigenvalue weighted by Crippen LogP contribution is 2.27. The Morgan fingerprint density at radius 2 is 1.85 bits per heavy atom. The van der Waals surface area contributed by atoms with Gasteiger partial charge in [-0.05, 0) is 42.4 Å². The molecule has 5 nitrogen and oxygen atoms in total. The largest absolute Gasteiger partial charge is 0.377 e. The highest BCUT2D eigenvalue weighted by Gasteiger charge is 2.19. The molecule has 1 rings (SSSR count). The predicted molar refractivity (Wildman–Crippen MR) is 110 cm³/mol. The SMILES string of the molecule is CCCNC(=O)c1cc(NC(=O)C[C@@H](C)CC(C)(C)C)ccc1N(C)C. The molecule has 0 aliphatic rings. The first kappa shape index (κ1) is 22.0. The minimum absolute atomic E-state index is 0.0146. The van der Waals surface area contributed by atoms with E-state index >= 15 is 0 Å². The number of rotatable bonds is 8. The number of carbonyl (C=O) groups excluding carboxylic acids is 2. The average Bonchev–Trinajstić information content (AvgIpc) is 2.50. The maximum atomic E-state index is 12.5. The Labute approximate surface area is 158 Å². The van der Waals surface area contributed by atoms with Crippen LogP contribution in [0.4, 0.5) is 11.4 Å². The zero-order chi connectivity index (χ0) is 19.9. The summed E-state index contributed by atoms with van der Waals surface area (Å²) in [5.41, 5.74) is 2.27. The van der Waals surface area contributed by atoms with Crippen molar-refractivity contribution in [1.82, 2.24) is 5.32 Å². The van der Waals surface area contributed by atoms with Gasteiger partial charge in [-0.2, -0.15) is 0 Å². The summed E-state index contributed by atoms with van der Waals surface area (Å²) in [6.07, 6.45) is 2.35. The number of hydrogen-bond acceptors (Lipinski definition) is 3. The second-order valence-corrected chi connectivity index (χ2v) is 8.50. The fourth-order valence-electron chi connectivity index (χ4n) is 3.17. The van der Waals surface area contributed by atoms with E-state index in [0.717, 1.165) is 18.5 Å². The van der Waals surface area contributed by atoms with Gasteiger partial charge in [-0.3, -0.25) is 9.59 Å². The quantitative estimate of drug-likeness (QED) is 0.726. The van der Waals surface area contributed by atoms with Crippen molar-refractivity contribution < 1.29 is 9.59 Å². The molecule has 0 aromatic heterocycles. The zero-order valence-electron chi connectivity index (χ0n) is 17.4. The van der Waals surface area contributed by atoms with E-state index in [1.54, 1.807) is 6.07 Å². The number of anilines is 2. The Hall–Kier alpha value is -2.04. The van der Waals surface area contributed by atoms with E-state index in [9.17, 15) is 9.59 Å². The van der Waals surface area contributed by atoms with Gasteiger partial charge in [0.05, 0.1) is 5.56 Å². The van der Waals surface area contributed by atoms with Gasteiger partial charge in [0, 0.05) is 38.4 Å². The molecule has 26 heavy (non-hydrogen) atoms. The van der Waals surface area contributed by atoms with E-state index in [1.165, 1.54) is 0 Å². The summed E-state index contributed by atoms with van der Waals surface area (Å²) in [5.74, 6) is 0.176. The molecular formula is C21H35N3O2. The molecule has 1 aromatic carbocycles. The van der Waals surface area contributed by atoms with Crippen molar-refractivity contribution >= 4 is 23.2 Å². The lowest BCUT2D eigenvalue weighted by atomic mass is 9.84. The first-order valence-corrected chi connectivity index (χ1v) is 9.43. The minimum atomic E-state index is -0.118. The number of nitrogens with zero attached hydrogens (tertiary/aromatic N) is 1. The van der Waals surface area contributed by atoms with E-state index < -0.39 is 0 Å². The number of hydrogen-bond donors (Lipinski definition) is 2. The summed E-state index contributed by atoms with van der Waals surface area (Å²) in [6, 6.07) is 5.47. The molecule has 0 saturated carbocycles. The third-order valence-electron chi connectivity index (χ3n) is 4.04. The third kappa shape index (κ3) is 7.46. The average molecular weight is 362 g/mol. The van der Waals surface area contributed by atoms with Gasteiger partial charge < -0.3 is 15.5 Å². The van der Waals surface area contributed by atoms with Crippen LogP contribution >= 0.6 is 0 Å². The van der Waals surface area contributed by atoms with E-state index in [-0.39, 0.29) is 17.2 Å². The summed E-state index contributed by atoms with van der Waals surface area (Å²) in [4.78, 5) is 26.7. The lowest BCUT2D eigenvalue weighted by Gasteiger charge is -2.23. The molecule has 0 spiro atoms. The van der Waals surface area contributed by atoms with E-state index in [0.29, 0.717) is 30.1 Å². The van der Waals surface area contributed by atoms with Crippen LogP contribution in [0.15, 0.2) is 18.2 Å². The summed E-state index contributed by atoms with van der Waals surface area (Å²) >= 11 is 0. The molecule has 2 amide bonds. The fraction of sp³-hybridized carbons (Fsp3) is 0.619. The molecule has 146 valence electrons. The standard InChI is InChI=1S/C21H35N3O2/c1-8-11-22-20(26)17-13-16(9-10-18(17)24(6)7)23-19(25)12-15(2)14-21(3,4)5/h9-10,13,15H,8,11-12,14H2,1-7H3,(H,22,26)(H,23,25)/t15-/m1/s1. The number of benzene rings is 1. The zero-order valence-corrected chi connectivity index (χ0v) is 17.4. The smallest absolute Gasteiger partial charge is 0.253 e. The molecular weight excluding hydrogens is 326 g/mol. The van der Waals surface area contributed by atoms with Gasteiger partial charge in [0.2, 0.25) is 5.91 Å². The second kappa shape index (κ2) is 9.60. The van der Waals surface area contributed by atoms with Crippen molar-refractivity contribution in [3.05, 3.63) is 23.8 Å². The normalized spacial score (nSPS) is 12.4. The molecule has 0 radical (unpaired) electrons. The fourth-order valence-corrected chi connectivity index (χ4v) is 3.17. The summed E-state index contributed by atoms with van der Waals surface area (Å²) in [6.45, 7) is 11.3. The molecule has 0 bridgehead atoms. The minimum Gasteiger partial charge on any atom is -0.377 e. The summed E-state index contributed by atoms with van der Waals surface area (Å²) < 4.78 is 0. The van der Waals surface area contributed by atoms with Gasteiger partial charge in [0.15, 0.2) is 0 Å². The monoisotopic (exact) mass is 361 g/mol. The number of carbonyl (C=O) groups is 2. The van der Waals surface area contributed by atoms with Crippen molar-refractivity contribution in [2.75, 3.05) is 30.9 Å². The van der Waals surface area contributed by atoms with Crippen LogP contribution in [0.1, 0.15) is 64.2 Å². The van der Waals surface area contributed by atoms with Crippen LogP contribution in [0.2, 0.25) is 0 Å². The Bertz CT molecular complexity index is 618. The van der Waals surface area contributed by atoms with E-state index in [1.807, 2.05) is 38.1 Å². The molecule has 0 unspecified atom stereocenters. The first-order valence-electron chi connectivity index (χ1n) is 9.43. The molecule has 2 N–H and O–H groups in total. The van der Waals surface area contributed by atoms with Crippen molar-refractivity contribution in [2.24, 2.45) is 11.3 Å². The van der Waals surface area contributed by atoms with E-state index in [2.05, 4.69) is 38.3 Å². The second-order valence-electron chi connectivity index (χ2n) is 8.50. The lowest BCUT2D eigenvalue weighted by Crippen LogP contribution is -2.26. The Morgan fingerprint density at radius 1 is 1.19 bits per heavy atom. The van der Waals surface area contributed by atoms with Gasteiger partial charge in [-0.1, -0.05) is 34.6 Å². The third-order valence-corrected chi connectivity index (χ3v) is 4.04. The first-order chi connectivity index (χ1) is 12.0. The molecule has 5 heteroatoms. The maximum absolute atomic E-state index is 12.5. The Kier molecular flexibility index (Phi) is 8.12. The highest BCUT2D eigenvalue weighted by atomic mass is 16.2. The van der Waals surface area contributed by atoms with Crippen LogP contribution in [0, 0.1) is 11.3 Å². The van der Waals surface area contributed by atoms with Crippen molar-refractivity contribution in [2.45, 2.75) is 53.9 Å². The van der Waals surface area contributed by atoms with Crippen LogP contribution in [0.5, 0.6) is 0 Å². The van der Waals surface area contributed by atoms with Crippen molar-refractivity contribution in [3.63, 3.8) is 0 Å². The molecule has 0 fully saturated rings. The Morgan fingerprint density at radius 3 is 2.38 bits per heavy atom. The highest BCUT2D eigenvalue weighted by molar-refractivity contribution is 6.02. The van der Waals surface area contributed by atoms with Crippen molar-refractivity contribution in [3.8, 4) is 0 Å². The van der Waals surface area contributed by atoms with Crippen LogP contribution in [-0.2, 0) is 4.79 Å². The van der Waals surface area contributed by atoms with Gasteiger partial charge in [0.1, 0.15) is 0 Å². The molecule has 1 atom stereocenters. The number of nitrogens with one attached hydrogen (secondary N) is 2. The molecule has 0 heterocycles. The molecule has 0 saturated heterocycles. The summed E-state index contributed by atoms with van der Waals surface area (Å²) in [7, 11) is 3.80. The topological polar surface area (TPSA) is 61.4 Å². The van der Waals surface area contributed by atoms with Crippen LogP contribution in [0.25, 0.3) is 0 Å². The Balaban J connectivity index is 2.87. The van der Waals surface area contributed by atoms with E-state index in [4.69, 9.17) is 0 Å². The lowest BCUT2D eigenvalue weighted by molar-refractivity contribution is -0.117. The van der Waals surface area contributed by atoms with Gasteiger partial charge >= 0.3 is 0 Å². The molecule has 1 aromatic rings. The van der Waals surface area contributed by atoms with Crippen LogP contribution in [0.3, 0.4) is 0 Å². The van der Waals surface area contributed by atoms with Crippen molar-refractivity contribution in [1.29, 1.82) is 0 Å². The molecule has 0 aliphatic carbocycles. The predicted octanol–water partition coefficient (Wildman–Crippen LogP) is 4.29. The van der Waals surface area contributed by atoms with Gasteiger partial charge in [-0.25, -0.2) is 0 Å². The molecule has 0 aliphatic heterocycles. The van der Waals surface area contributed by atoms with Crippen LogP contribution < -0.4 is 15.5 Å². The van der Waals surface area contributed by atoms with Crippen LogP contribution in [-0.4, -0.2) is 32.5 Å². The number of amides is 2. The van der Waals surface area contributed by atoms with Gasteiger partial charge in [0.25, 0.3) is 5.91 Å².